The van der Waals surface area contributed by atoms with E-state index in [1.807, 2.05) is 6.07 Å². The number of aryl methyl sites for hydroxylation is 1. The minimum absolute atomic E-state index is 0.161. The lowest BCUT2D eigenvalue weighted by atomic mass is 10.1. The van der Waals surface area contributed by atoms with Crippen LogP contribution >= 0.6 is 23.1 Å². The number of nitrogens with zero attached hydrogens (tertiary/aromatic N) is 3. The fourth-order valence-corrected chi connectivity index (χ4v) is 6.73. The van der Waals surface area contributed by atoms with Crippen molar-refractivity contribution in [3.05, 3.63) is 57.7 Å². The van der Waals surface area contributed by atoms with Crippen LogP contribution in [0.1, 0.15) is 63.8 Å². The highest BCUT2D eigenvalue weighted by atomic mass is 32.2. The number of methoxy groups -OCH3 is 1. The molecule has 0 aliphatic heterocycles. The van der Waals surface area contributed by atoms with Crippen molar-refractivity contribution >= 4 is 40.0 Å². The summed E-state index contributed by atoms with van der Waals surface area (Å²) in [5, 5.41) is 13.1. The number of esters is 1. The van der Waals surface area contributed by atoms with Gasteiger partial charge in [0.25, 0.3) is 0 Å². The van der Waals surface area contributed by atoms with Crippen molar-refractivity contribution in [1.29, 1.82) is 0 Å². The summed E-state index contributed by atoms with van der Waals surface area (Å²) in [6.07, 6.45) is 3.92. The Labute approximate surface area is 200 Å². The molecule has 172 valence electrons. The van der Waals surface area contributed by atoms with Crippen LogP contribution in [0.25, 0.3) is 0 Å². The van der Waals surface area contributed by atoms with Gasteiger partial charge in [-0.15, -0.1) is 21.5 Å². The number of benzene rings is 1. The standard InChI is InChI=1S/C24H26N4O3S2/c1-3-28-21(17-12-16(17)14-8-5-4-6-9-14)26-27-24(28)32-13-19(29)25-22-20(23(30)31-2)15-10-7-11-18(15)33-22/h4-6,8-9,16-17H,3,7,10-13H2,1-2H3,(H,25,29). The fraction of sp³-hybridized carbons (Fsp3) is 0.417. The molecular weight excluding hydrogens is 456 g/mol. The van der Waals surface area contributed by atoms with Gasteiger partial charge in [0, 0.05) is 17.3 Å². The second-order valence-corrected chi connectivity index (χ2v) is 10.4. The van der Waals surface area contributed by atoms with E-state index in [0.717, 1.165) is 48.8 Å². The first-order valence-corrected chi connectivity index (χ1v) is 13.0. The third kappa shape index (κ3) is 4.31. The molecule has 9 heteroatoms. The molecule has 1 fully saturated rings. The van der Waals surface area contributed by atoms with Crippen molar-refractivity contribution in [2.75, 3.05) is 18.2 Å². The van der Waals surface area contributed by atoms with Gasteiger partial charge in [0.1, 0.15) is 10.8 Å². The van der Waals surface area contributed by atoms with Gasteiger partial charge >= 0.3 is 5.97 Å². The lowest BCUT2D eigenvalue weighted by Gasteiger charge is -2.08. The molecule has 2 heterocycles. The third-order valence-electron chi connectivity index (χ3n) is 6.31. The Morgan fingerprint density at radius 3 is 2.79 bits per heavy atom. The molecule has 1 aromatic carbocycles. The fourth-order valence-electron chi connectivity index (χ4n) is 4.63. The number of nitrogens with one attached hydrogen (secondary N) is 1. The molecule has 0 radical (unpaired) electrons. The molecule has 33 heavy (non-hydrogen) atoms. The summed E-state index contributed by atoms with van der Waals surface area (Å²) in [6, 6.07) is 10.5. The van der Waals surface area contributed by atoms with Crippen LogP contribution < -0.4 is 5.32 Å². The van der Waals surface area contributed by atoms with Gasteiger partial charge in [0.15, 0.2) is 5.16 Å². The summed E-state index contributed by atoms with van der Waals surface area (Å²) in [5.41, 5.74) is 2.89. The van der Waals surface area contributed by atoms with E-state index in [1.165, 1.54) is 40.6 Å². The molecule has 5 rings (SSSR count). The lowest BCUT2D eigenvalue weighted by molar-refractivity contribution is -0.113. The van der Waals surface area contributed by atoms with Crippen molar-refractivity contribution in [3.63, 3.8) is 0 Å². The van der Waals surface area contributed by atoms with Crippen LogP contribution in [0.15, 0.2) is 35.5 Å². The van der Waals surface area contributed by atoms with E-state index < -0.39 is 0 Å². The number of carbonyl (C=O) groups is 2. The molecule has 3 aromatic rings. The van der Waals surface area contributed by atoms with Crippen molar-refractivity contribution in [2.24, 2.45) is 0 Å². The molecule has 2 aliphatic carbocycles. The number of aromatic nitrogens is 3. The molecule has 0 saturated heterocycles. The molecule has 0 bridgehead atoms. The molecule has 2 aliphatic rings. The predicted octanol–water partition coefficient (Wildman–Crippen LogP) is 4.64. The van der Waals surface area contributed by atoms with Crippen molar-refractivity contribution in [2.45, 2.75) is 56.1 Å². The van der Waals surface area contributed by atoms with Crippen LogP contribution in [-0.2, 0) is 28.9 Å². The van der Waals surface area contributed by atoms with E-state index in [9.17, 15) is 9.59 Å². The first kappa shape index (κ1) is 22.2. The average molecular weight is 483 g/mol. The SMILES string of the molecule is CCn1c(SCC(=O)Nc2sc3c(c2C(=O)OC)CCC3)nnc1C1CC1c1ccccc1. The number of fused-ring (bicyclic) bond motifs is 1. The Balaban J connectivity index is 1.25. The van der Waals surface area contributed by atoms with Gasteiger partial charge in [-0.25, -0.2) is 4.79 Å². The van der Waals surface area contributed by atoms with Crippen molar-refractivity contribution in [3.8, 4) is 0 Å². The molecule has 0 spiro atoms. The topological polar surface area (TPSA) is 86.1 Å². The van der Waals surface area contributed by atoms with E-state index in [0.29, 0.717) is 22.4 Å². The number of thioether (sulfide) groups is 1. The molecule has 7 nitrogen and oxygen atoms in total. The van der Waals surface area contributed by atoms with E-state index in [1.54, 1.807) is 0 Å². The minimum atomic E-state index is -0.384. The van der Waals surface area contributed by atoms with Crippen LogP contribution in [-0.4, -0.2) is 39.5 Å². The Bertz CT molecular complexity index is 1190. The Kier molecular flexibility index (Phi) is 6.25. The lowest BCUT2D eigenvalue weighted by Crippen LogP contribution is -2.16. The largest absolute Gasteiger partial charge is 0.465 e. The molecule has 2 aromatic heterocycles. The van der Waals surface area contributed by atoms with Crippen molar-refractivity contribution < 1.29 is 14.3 Å². The number of amides is 1. The predicted molar refractivity (Wildman–Crippen MR) is 129 cm³/mol. The van der Waals surface area contributed by atoms with E-state index in [-0.39, 0.29) is 17.6 Å². The number of hydrogen-bond acceptors (Lipinski definition) is 7. The first-order chi connectivity index (χ1) is 16.1. The summed E-state index contributed by atoms with van der Waals surface area (Å²) in [7, 11) is 1.38. The Morgan fingerprint density at radius 2 is 2.03 bits per heavy atom. The molecule has 1 saturated carbocycles. The Morgan fingerprint density at radius 1 is 1.21 bits per heavy atom. The number of anilines is 1. The second kappa shape index (κ2) is 9.30. The van der Waals surface area contributed by atoms with E-state index in [4.69, 9.17) is 4.74 Å². The quantitative estimate of drug-likeness (QED) is 0.372. The zero-order valence-corrected chi connectivity index (χ0v) is 20.3. The van der Waals surface area contributed by atoms with Gasteiger partial charge < -0.3 is 14.6 Å². The Hall–Kier alpha value is -2.65. The molecule has 1 N–H and O–H groups in total. The summed E-state index contributed by atoms with van der Waals surface area (Å²) < 4.78 is 7.08. The zero-order valence-electron chi connectivity index (χ0n) is 18.7. The number of hydrogen-bond donors (Lipinski definition) is 1. The van der Waals surface area contributed by atoms with Crippen LogP contribution in [0.2, 0.25) is 0 Å². The molecule has 2 atom stereocenters. The highest BCUT2D eigenvalue weighted by molar-refractivity contribution is 7.99. The maximum absolute atomic E-state index is 12.7. The highest BCUT2D eigenvalue weighted by Gasteiger charge is 2.43. The van der Waals surface area contributed by atoms with Gasteiger partial charge in [-0.2, -0.15) is 0 Å². The van der Waals surface area contributed by atoms with Crippen LogP contribution in [0.4, 0.5) is 5.00 Å². The maximum atomic E-state index is 12.7. The normalized spacial score (nSPS) is 18.7. The second-order valence-electron chi connectivity index (χ2n) is 8.33. The third-order valence-corrected chi connectivity index (χ3v) is 8.48. The number of thiophene rings is 1. The zero-order chi connectivity index (χ0) is 22.9. The minimum Gasteiger partial charge on any atom is -0.465 e. The van der Waals surface area contributed by atoms with Crippen LogP contribution in [0, 0.1) is 0 Å². The van der Waals surface area contributed by atoms with E-state index in [2.05, 4.69) is 51.3 Å². The summed E-state index contributed by atoms with van der Waals surface area (Å²) in [5.74, 6) is 1.51. The number of ether oxygens (including phenoxy) is 1. The average Bonchev–Trinajstić information content (AvgIpc) is 3.13. The number of rotatable bonds is 8. The summed E-state index contributed by atoms with van der Waals surface area (Å²) >= 11 is 2.87. The molecular formula is C24H26N4O3S2. The van der Waals surface area contributed by atoms with Gasteiger partial charge in [-0.1, -0.05) is 42.1 Å². The van der Waals surface area contributed by atoms with Gasteiger partial charge in [0.05, 0.1) is 18.4 Å². The smallest absolute Gasteiger partial charge is 0.341 e. The number of carbonyl (C=O) groups excluding carboxylic acids is 2. The van der Waals surface area contributed by atoms with Gasteiger partial charge in [-0.05, 0) is 49.7 Å². The molecule has 2 unspecified atom stereocenters. The first-order valence-electron chi connectivity index (χ1n) is 11.2. The monoisotopic (exact) mass is 482 g/mol. The molecule has 1 amide bonds. The summed E-state index contributed by atoms with van der Waals surface area (Å²) in [6.45, 7) is 2.83. The van der Waals surface area contributed by atoms with Gasteiger partial charge in [0.2, 0.25) is 5.91 Å². The highest BCUT2D eigenvalue weighted by Crippen LogP contribution is 2.54. The van der Waals surface area contributed by atoms with Crippen LogP contribution in [0.5, 0.6) is 0 Å². The maximum Gasteiger partial charge on any atom is 0.341 e. The van der Waals surface area contributed by atoms with E-state index >= 15 is 0 Å². The van der Waals surface area contributed by atoms with Gasteiger partial charge in [-0.3, -0.25) is 4.79 Å². The van der Waals surface area contributed by atoms with Crippen molar-refractivity contribution in [1.82, 2.24) is 14.8 Å². The summed E-state index contributed by atoms with van der Waals surface area (Å²) in [4.78, 5) is 26.2. The van der Waals surface area contributed by atoms with Crippen LogP contribution in [0.3, 0.4) is 0 Å².